The van der Waals surface area contributed by atoms with Gasteiger partial charge in [-0.1, -0.05) is 54.1 Å². The molecule has 0 unspecified atom stereocenters. The van der Waals surface area contributed by atoms with Crippen molar-refractivity contribution >= 4 is 17.6 Å². The lowest BCUT2D eigenvalue weighted by Gasteiger charge is -2.12. The molecule has 2 aromatic carbocycles. The minimum absolute atomic E-state index is 0.413. The molecule has 0 bridgehead atoms. The van der Waals surface area contributed by atoms with Crippen molar-refractivity contribution in [3.63, 3.8) is 0 Å². The van der Waals surface area contributed by atoms with E-state index >= 15 is 0 Å². The minimum Gasteiger partial charge on any atom is -0.481 e. The highest BCUT2D eigenvalue weighted by Crippen LogP contribution is 2.17. The molecule has 0 saturated carbocycles. The van der Waals surface area contributed by atoms with Gasteiger partial charge in [0, 0.05) is 5.02 Å². The Kier molecular flexibility index (Phi) is 4.58. The first-order valence-electron chi connectivity index (χ1n) is 6.16. The maximum absolute atomic E-state index is 11.3. The summed E-state index contributed by atoms with van der Waals surface area (Å²) >= 11 is 5.82. The molecule has 0 spiro atoms. The highest BCUT2D eigenvalue weighted by Gasteiger charge is 2.18. The number of hydrogen-bond donors (Lipinski definition) is 1. The Labute approximate surface area is 117 Å². The number of carboxylic acids is 1. The Hall–Kier alpha value is -1.80. The number of carboxylic acid groups (broad SMARTS) is 1. The van der Waals surface area contributed by atoms with Crippen LogP contribution < -0.4 is 0 Å². The number of aliphatic carboxylic acids is 1. The van der Waals surface area contributed by atoms with Crippen LogP contribution in [-0.2, 0) is 17.6 Å². The molecular formula is C16H15ClO2. The lowest BCUT2D eigenvalue weighted by atomic mass is 9.93. The fourth-order valence-electron chi connectivity index (χ4n) is 2.05. The predicted molar refractivity (Wildman–Crippen MR) is 76.4 cm³/mol. The summed E-state index contributed by atoms with van der Waals surface area (Å²) in [5.41, 5.74) is 2.04. The van der Waals surface area contributed by atoms with Crippen molar-refractivity contribution in [1.82, 2.24) is 0 Å². The third-order valence-electron chi connectivity index (χ3n) is 3.07. The Bertz CT molecular complexity index is 534. The molecule has 3 heteroatoms. The van der Waals surface area contributed by atoms with Crippen LogP contribution in [0, 0.1) is 5.92 Å². The van der Waals surface area contributed by atoms with Crippen molar-refractivity contribution in [3.05, 3.63) is 70.7 Å². The van der Waals surface area contributed by atoms with Gasteiger partial charge in [0.2, 0.25) is 0 Å². The SMILES string of the molecule is O=C(O)[C@@H](Cc1ccccc1)Cc1ccc(Cl)cc1. The molecule has 0 aliphatic carbocycles. The number of halogens is 1. The average molecular weight is 275 g/mol. The summed E-state index contributed by atoms with van der Waals surface area (Å²) < 4.78 is 0. The first kappa shape index (κ1) is 13.6. The molecule has 98 valence electrons. The van der Waals surface area contributed by atoms with Gasteiger partial charge in [0.15, 0.2) is 0 Å². The normalized spacial score (nSPS) is 12.1. The van der Waals surface area contributed by atoms with Gasteiger partial charge < -0.3 is 5.11 Å². The first-order chi connectivity index (χ1) is 9.15. The third kappa shape index (κ3) is 4.11. The topological polar surface area (TPSA) is 37.3 Å². The Balaban J connectivity index is 2.08. The zero-order valence-electron chi connectivity index (χ0n) is 10.4. The van der Waals surface area contributed by atoms with Gasteiger partial charge in [-0.25, -0.2) is 0 Å². The molecule has 0 heterocycles. The quantitative estimate of drug-likeness (QED) is 0.900. The van der Waals surface area contributed by atoms with Crippen LogP contribution in [0.3, 0.4) is 0 Å². The first-order valence-corrected chi connectivity index (χ1v) is 6.54. The van der Waals surface area contributed by atoms with Gasteiger partial charge in [0.05, 0.1) is 5.92 Å². The average Bonchev–Trinajstić information content (AvgIpc) is 2.41. The Morgan fingerprint density at radius 3 is 2.00 bits per heavy atom. The third-order valence-corrected chi connectivity index (χ3v) is 3.32. The summed E-state index contributed by atoms with van der Waals surface area (Å²) in [6, 6.07) is 17.0. The van der Waals surface area contributed by atoms with E-state index < -0.39 is 11.9 Å². The molecular weight excluding hydrogens is 260 g/mol. The van der Waals surface area contributed by atoms with Crippen molar-refractivity contribution < 1.29 is 9.90 Å². The highest BCUT2D eigenvalue weighted by molar-refractivity contribution is 6.30. The van der Waals surface area contributed by atoms with E-state index in [1.165, 1.54) is 0 Å². The van der Waals surface area contributed by atoms with E-state index in [9.17, 15) is 9.90 Å². The van der Waals surface area contributed by atoms with Crippen LogP contribution in [0.4, 0.5) is 0 Å². The van der Waals surface area contributed by atoms with Gasteiger partial charge in [-0.2, -0.15) is 0 Å². The predicted octanol–water partition coefficient (Wildman–Crippen LogP) is 3.83. The van der Waals surface area contributed by atoms with E-state index in [0.29, 0.717) is 17.9 Å². The van der Waals surface area contributed by atoms with Crippen LogP contribution in [0.5, 0.6) is 0 Å². The molecule has 0 aromatic heterocycles. The van der Waals surface area contributed by atoms with Crippen LogP contribution in [0.2, 0.25) is 5.02 Å². The summed E-state index contributed by atoms with van der Waals surface area (Å²) in [6.07, 6.45) is 1.06. The number of carbonyl (C=O) groups is 1. The van der Waals surface area contributed by atoms with Crippen molar-refractivity contribution in [2.75, 3.05) is 0 Å². The summed E-state index contributed by atoms with van der Waals surface area (Å²) in [5.74, 6) is -1.18. The second-order valence-corrected chi connectivity index (χ2v) is 4.99. The van der Waals surface area contributed by atoms with Crippen molar-refractivity contribution in [1.29, 1.82) is 0 Å². The van der Waals surface area contributed by atoms with Crippen molar-refractivity contribution in [3.8, 4) is 0 Å². The molecule has 0 amide bonds. The summed E-state index contributed by atoms with van der Waals surface area (Å²) in [5, 5.41) is 9.99. The van der Waals surface area contributed by atoms with Crippen LogP contribution in [-0.4, -0.2) is 11.1 Å². The molecule has 1 N–H and O–H groups in total. The smallest absolute Gasteiger partial charge is 0.307 e. The second-order valence-electron chi connectivity index (χ2n) is 4.56. The van der Waals surface area contributed by atoms with E-state index in [2.05, 4.69) is 0 Å². The highest BCUT2D eigenvalue weighted by atomic mass is 35.5. The van der Waals surface area contributed by atoms with Crippen molar-refractivity contribution in [2.45, 2.75) is 12.8 Å². The fourth-order valence-corrected chi connectivity index (χ4v) is 2.18. The zero-order valence-corrected chi connectivity index (χ0v) is 11.2. The summed E-state index contributed by atoms with van der Waals surface area (Å²) in [4.78, 5) is 11.3. The molecule has 0 radical (unpaired) electrons. The Morgan fingerprint density at radius 2 is 1.47 bits per heavy atom. The van der Waals surface area contributed by atoms with Gasteiger partial charge >= 0.3 is 5.97 Å². The lowest BCUT2D eigenvalue weighted by molar-refractivity contribution is -0.141. The molecule has 0 fully saturated rings. The van der Waals surface area contributed by atoms with Crippen molar-refractivity contribution in [2.24, 2.45) is 5.92 Å². The molecule has 2 aromatic rings. The maximum Gasteiger partial charge on any atom is 0.307 e. The van der Waals surface area contributed by atoms with Gasteiger partial charge in [-0.15, -0.1) is 0 Å². The van der Waals surface area contributed by atoms with Gasteiger partial charge in [-0.05, 0) is 36.1 Å². The molecule has 19 heavy (non-hydrogen) atoms. The Morgan fingerprint density at radius 1 is 0.947 bits per heavy atom. The fraction of sp³-hybridized carbons (Fsp3) is 0.188. The molecule has 0 saturated heterocycles. The van der Waals surface area contributed by atoms with Crippen LogP contribution in [0.15, 0.2) is 54.6 Å². The number of benzene rings is 2. The van der Waals surface area contributed by atoms with E-state index in [0.717, 1.165) is 11.1 Å². The monoisotopic (exact) mass is 274 g/mol. The molecule has 0 aliphatic heterocycles. The standard InChI is InChI=1S/C16H15ClO2/c17-15-8-6-13(7-9-15)11-14(16(18)19)10-12-4-2-1-3-5-12/h1-9,14H,10-11H2,(H,18,19)/t14-/m0/s1. The summed E-state index contributed by atoms with van der Waals surface area (Å²) in [7, 11) is 0. The van der Waals surface area contributed by atoms with Gasteiger partial charge in [-0.3, -0.25) is 4.79 Å². The van der Waals surface area contributed by atoms with Gasteiger partial charge in [0.1, 0.15) is 0 Å². The van der Waals surface area contributed by atoms with E-state index in [4.69, 9.17) is 11.6 Å². The molecule has 2 rings (SSSR count). The lowest BCUT2D eigenvalue weighted by Crippen LogP contribution is -2.19. The molecule has 2 nitrogen and oxygen atoms in total. The molecule has 1 atom stereocenters. The largest absolute Gasteiger partial charge is 0.481 e. The number of rotatable bonds is 5. The van der Waals surface area contributed by atoms with E-state index in [1.807, 2.05) is 42.5 Å². The van der Waals surface area contributed by atoms with Crippen LogP contribution >= 0.6 is 11.6 Å². The maximum atomic E-state index is 11.3. The second kappa shape index (κ2) is 6.39. The van der Waals surface area contributed by atoms with E-state index in [-0.39, 0.29) is 0 Å². The van der Waals surface area contributed by atoms with Crippen LogP contribution in [0.1, 0.15) is 11.1 Å². The van der Waals surface area contributed by atoms with Crippen LogP contribution in [0.25, 0.3) is 0 Å². The minimum atomic E-state index is -0.765. The van der Waals surface area contributed by atoms with Gasteiger partial charge in [0.25, 0.3) is 0 Å². The summed E-state index contributed by atoms with van der Waals surface area (Å²) in [6.45, 7) is 0. The zero-order chi connectivity index (χ0) is 13.7. The molecule has 0 aliphatic rings. The number of hydrogen-bond acceptors (Lipinski definition) is 1. The van der Waals surface area contributed by atoms with E-state index in [1.54, 1.807) is 12.1 Å².